The van der Waals surface area contributed by atoms with Gasteiger partial charge >= 0.3 is 11.9 Å². The molecule has 0 bridgehead atoms. The van der Waals surface area contributed by atoms with Crippen molar-refractivity contribution in [3.63, 3.8) is 0 Å². The maximum Gasteiger partial charge on any atom is 0.352 e. The fourth-order valence-electron chi connectivity index (χ4n) is 2.14. The van der Waals surface area contributed by atoms with Crippen LogP contribution >= 0.6 is 0 Å². The van der Waals surface area contributed by atoms with Crippen molar-refractivity contribution >= 4 is 22.9 Å². The third-order valence-corrected chi connectivity index (χ3v) is 3.23. The molecule has 1 heterocycles. The number of carbonyl (C=O) groups is 2. The minimum atomic E-state index is -0.578. The minimum Gasteiger partial charge on any atom is -0.469 e. The summed E-state index contributed by atoms with van der Waals surface area (Å²) >= 11 is 0. The molecule has 0 saturated heterocycles. The molecular weight excluding hydrogens is 304 g/mol. The molecule has 0 saturated carbocycles. The zero-order valence-electron chi connectivity index (χ0n) is 13.0. The summed E-state index contributed by atoms with van der Waals surface area (Å²) in [7, 11) is 1.34. The van der Waals surface area contributed by atoms with Gasteiger partial charge in [0, 0.05) is 25.3 Å². The maximum absolute atomic E-state index is 11.1. The monoisotopic (exact) mass is 322 g/mol. The number of benzene rings is 1. The second-order valence-corrected chi connectivity index (χ2v) is 4.92. The van der Waals surface area contributed by atoms with Crippen molar-refractivity contribution in [2.75, 3.05) is 7.11 Å². The Labute approximate surface area is 132 Å². The van der Waals surface area contributed by atoms with Gasteiger partial charge in [-0.15, -0.1) is 0 Å². The van der Waals surface area contributed by atoms with E-state index in [1.807, 2.05) is 0 Å². The fraction of sp³-hybridized carbons (Fsp3) is 0.375. The summed E-state index contributed by atoms with van der Waals surface area (Å²) < 4.78 is 10.3. The summed E-state index contributed by atoms with van der Waals surface area (Å²) in [6, 6.07) is 4.96. The number of rotatable bonds is 7. The van der Waals surface area contributed by atoms with Crippen LogP contribution in [-0.4, -0.2) is 24.2 Å². The first-order chi connectivity index (χ1) is 11.0. The molecular formula is C16H18O7. The number of esters is 1. The van der Waals surface area contributed by atoms with Crippen molar-refractivity contribution in [3.05, 3.63) is 29.5 Å². The maximum atomic E-state index is 11.1. The third kappa shape index (κ3) is 4.23. The summed E-state index contributed by atoms with van der Waals surface area (Å²) in [4.78, 5) is 31.5. The number of aryl methyl sites for hydroxylation is 1. The van der Waals surface area contributed by atoms with E-state index in [4.69, 9.17) is 9.30 Å². The Morgan fingerprint density at radius 1 is 1.30 bits per heavy atom. The Balaban J connectivity index is 2.22. The predicted molar refractivity (Wildman–Crippen MR) is 79.5 cm³/mol. The highest BCUT2D eigenvalue weighted by atomic mass is 17.2. The molecule has 2 rings (SSSR count). The molecule has 1 aromatic heterocycles. The lowest BCUT2D eigenvalue weighted by Crippen LogP contribution is -2.03. The number of methoxy groups -OCH3 is 1. The van der Waals surface area contributed by atoms with E-state index >= 15 is 0 Å². The highest BCUT2D eigenvalue weighted by molar-refractivity contribution is 5.87. The molecule has 0 spiro atoms. The molecule has 2 aromatic rings. The van der Waals surface area contributed by atoms with E-state index in [0.717, 1.165) is 0 Å². The van der Waals surface area contributed by atoms with Crippen LogP contribution in [0.3, 0.4) is 0 Å². The molecule has 0 amide bonds. The van der Waals surface area contributed by atoms with Gasteiger partial charge in [0.25, 0.3) is 0 Å². The number of aliphatic hydroxyl groups is 1. The van der Waals surface area contributed by atoms with Gasteiger partial charge in [-0.1, -0.05) is 0 Å². The van der Waals surface area contributed by atoms with Crippen LogP contribution in [0, 0.1) is 0 Å². The van der Waals surface area contributed by atoms with Crippen LogP contribution in [-0.2, 0) is 32.2 Å². The standard InChI is InChI=1S/C16H18O7/c1-10(18)22-23-14-7-6-11(9-17)16-13(14)8-12(21-16)4-3-5-15(19)20-2/h6-8,17H,3-5,9H2,1-2H3. The number of carbonyl (C=O) groups excluding carboxylic acids is 2. The molecule has 0 fully saturated rings. The van der Waals surface area contributed by atoms with Gasteiger partial charge < -0.3 is 14.3 Å². The molecule has 0 unspecified atom stereocenters. The lowest BCUT2D eigenvalue weighted by molar-refractivity contribution is -0.210. The Morgan fingerprint density at radius 2 is 2.09 bits per heavy atom. The predicted octanol–water partition coefficient (Wildman–Crippen LogP) is 2.28. The van der Waals surface area contributed by atoms with E-state index in [9.17, 15) is 14.7 Å². The minimum absolute atomic E-state index is 0.195. The van der Waals surface area contributed by atoms with Gasteiger partial charge in [-0.2, -0.15) is 0 Å². The third-order valence-electron chi connectivity index (χ3n) is 3.23. The van der Waals surface area contributed by atoms with Gasteiger partial charge in [-0.25, -0.2) is 4.79 Å². The SMILES string of the molecule is COC(=O)CCCc1cc2c(OOC(C)=O)ccc(CO)c2o1. The van der Waals surface area contributed by atoms with Gasteiger partial charge in [0.2, 0.25) is 0 Å². The average Bonchev–Trinajstić information content (AvgIpc) is 2.96. The molecule has 124 valence electrons. The molecule has 0 aliphatic carbocycles. The molecule has 1 aromatic carbocycles. The second kappa shape index (κ2) is 7.64. The largest absolute Gasteiger partial charge is 0.469 e. The van der Waals surface area contributed by atoms with Crippen LogP contribution in [0.1, 0.15) is 31.1 Å². The first kappa shape index (κ1) is 16.8. The molecule has 7 nitrogen and oxygen atoms in total. The molecule has 0 radical (unpaired) electrons. The van der Waals surface area contributed by atoms with E-state index in [1.165, 1.54) is 14.0 Å². The number of hydrogen-bond donors (Lipinski definition) is 1. The van der Waals surface area contributed by atoms with Crippen LogP contribution in [0.5, 0.6) is 5.75 Å². The van der Waals surface area contributed by atoms with Crippen LogP contribution in [0.4, 0.5) is 0 Å². The van der Waals surface area contributed by atoms with Crippen molar-refractivity contribution < 1.29 is 33.6 Å². The topological polar surface area (TPSA) is 95.2 Å². The van der Waals surface area contributed by atoms with Gasteiger partial charge in [0.1, 0.15) is 11.3 Å². The number of furan rings is 1. The first-order valence-corrected chi connectivity index (χ1v) is 7.12. The Kier molecular flexibility index (Phi) is 5.59. The zero-order valence-corrected chi connectivity index (χ0v) is 13.0. The molecule has 23 heavy (non-hydrogen) atoms. The van der Waals surface area contributed by atoms with Crippen molar-refractivity contribution in [1.82, 2.24) is 0 Å². The van der Waals surface area contributed by atoms with Crippen molar-refractivity contribution in [3.8, 4) is 5.75 Å². The summed E-state index contributed by atoms with van der Waals surface area (Å²) in [5.41, 5.74) is 1.06. The summed E-state index contributed by atoms with van der Waals surface area (Å²) in [5.74, 6) is 0.0927. The van der Waals surface area contributed by atoms with Gasteiger partial charge in [0.05, 0.1) is 19.1 Å². The van der Waals surface area contributed by atoms with Crippen LogP contribution in [0.2, 0.25) is 0 Å². The van der Waals surface area contributed by atoms with E-state index in [2.05, 4.69) is 9.62 Å². The summed E-state index contributed by atoms with van der Waals surface area (Å²) in [5, 5.41) is 9.98. The normalized spacial score (nSPS) is 10.6. The van der Waals surface area contributed by atoms with Crippen LogP contribution in [0.25, 0.3) is 11.0 Å². The zero-order chi connectivity index (χ0) is 16.8. The molecule has 7 heteroatoms. The first-order valence-electron chi connectivity index (χ1n) is 7.12. The number of ether oxygens (including phenoxy) is 1. The number of aliphatic hydroxyl groups excluding tert-OH is 1. The highest BCUT2D eigenvalue weighted by Crippen LogP contribution is 2.32. The fourth-order valence-corrected chi connectivity index (χ4v) is 2.14. The van der Waals surface area contributed by atoms with Crippen molar-refractivity contribution in [2.24, 2.45) is 0 Å². The summed E-state index contributed by atoms with van der Waals surface area (Å²) in [6.07, 6.45) is 1.39. The summed E-state index contributed by atoms with van der Waals surface area (Å²) in [6.45, 7) is 1.03. The van der Waals surface area contributed by atoms with E-state index in [0.29, 0.717) is 40.9 Å². The molecule has 0 atom stereocenters. The average molecular weight is 322 g/mol. The smallest absolute Gasteiger partial charge is 0.352 e. The second-order valence-electron chi connectivity index (χ2n) is 4.92. The van der Waals surface area contributed by atoms with Crippen LogP contribution < -0.4 is 4.89 Å². The molecule has 1 N–H and O–H groups in total. The molecule has 0 aliphatic rings. The lowest BCUT2D eigenvalue weighted by atomic mass is 10.1. The Morgan fingerprint density at radius 3 is 2.74 bits per heavy atom. The Hall–Kier alpha value is -2.54. The van der Waals surface area contributed by atoms with Gasteiger partial charge in [-0.3, -0.25) is 14.6 Å². The number of hydrogen-bond acceptors (Lipinski definition) is 7. The molecule has 0 aliphatic heterocycles. The van der Waals surface area contributed by atoms with Gasteiger partial charge in [-0.05, 0) is 24.6 Å². The van der Waals surface area contributed by atoms with E-state index < -0.39 is 5.97 Å². The van der Waals surface area contributed by atoms with Crippen molar-refractivity contribution in [2.45, 2.75) is 32.8 Å². The van der Waals surface area contributed by atoms with E-state index in [-0.39, 0.29) is 19.0 Å². The Bertz CT molecular complexity index is 702. The van der Waals surface area contributed by atoms with Crippen LogP contribution in [0.15, 0.2) is 22.6 Å². The lowest BCUT2D eigenvalue weighted by Gasteiger charge is -2.04. The van der Waals surface area contributed by atoms with Gasteiger partial charge in [0.15, 0.2) is 5.75 Å². The highest BCUT2D eigenvalue weighted by Gasteiger charge is 2.15. The van der Waals surface area contributed by atoms with E-state index in [1.54, 1.807) is 18.2 Å². The quantitative estimate of drug-likeness (QED) is 0.474. The van der Waals surface area contributed by atoms with Crippen molar-refractivity contribution in [1.29, 1.82) is 0 Å². The number of fused-ring (bicyclic) bond motifs is 1.